The van der Waals surface area contributed by atoms with Gasteiger partial charge in [0.1, 0.15) is 5.82 Å². The predicted octanol–water partition coefficient (Wildman–Crippen LogP) is 1.11. The summed E-state index contributed by atoms with van der Waals surface area (Å²) >= 11 is 0. The smallest absolute Gasteiger partial charge is 0.328 e. The topological polar surface area (TPSA) is 65.1 Å². The van der Waals surface area contributed by atoms with Crippen LogP contribution in [-0.4, -0.2) is 79.2 Å². The highest BCUT2D eigenvalue weighted by Gasteiger charge is 2.30. The molecule has 1 aromatic carbocycles. The minimum Gasteiger partial charge on any atom is -0.379 e. The Bertz CT molecular complexity index is 622. The average molecular weight is 350 g/mol. The number of benzene rings is 1. The summed E-state index contributed by atoms with van der Waals surface area (Å²) in [7, 11) is 0. The number of imide groups is 1. The molecule has 0 unspecified atom stereocenters. The van der Waals surface area contributed by atoms with E-state index < -0.39 is 6.03 Å². The highest BCUT2D eigenvalue weighted by atomic mass is 19.1. The molecule has 0 aliphatic carbocycles. The van der Waals surface area contributed by atoms with Crippen molar-refractivity contribution in [3.8, 4) is 0 Å². The molecule has 0 radical (unpaired) electrons. The molecule has 0 bridgehead atoms. The molecule has 25 heavy (non-hydrogen) atoms. The Morgan fingerprint density at radius 1 is 1.24 bits per heavy atom. The number of morpholine rings is 1. The Labute approximate surface area is 146 Å². The summed E-state index contributed by atoms with van der Waals surface area (Å²) in [6.07, 6.45) is 0. The molecule has 4 amide bonds. The van der Waals surface area contributed by atoms with Crippen molar-refractivity contribution in [2.45, 2.75) is 6.54 Å². The van der Waals surface area contributed by atoms with Crippen molar-refractivity contribution in [1.82, 2.24) is 20.0 Å². The Hall–Kier alpha value is -2.19. The van der Waals surface area contributed by atoms with Crippen molar-refractivity contribution >= 4 is 12.1 Å². The monoisotopic (exact) mass is 350 g/mol. The summed E-state index contributed by atoms with van der Waals surface area (Å²) in [5.41, 5.74) is 0.442. The second kappa shape index (κ2) is 8.26. The first-order valence-corrected chi connectivity index (χ1v) is 8.53. The highest BCUT2D eigenvalue weighted by Crippen LogP contribution is 2.13. The molecule has 0 saturated carbocycles. The molecule has 136 valence electrons. The molecule has 1 N–H and O–H groups in total. The molecule has 1 aromatic rings. The number of ether oxygens (including phenoxy) is 1. The van der Waals surface area contributed by atoms with Gasteiger partial charge in [0, 0.05) is 44.8 Å². The third kappa shape index (κ3) is 4.46. The normalized spacial score (nSPS) is 18.3. The number of urea groups is 2. The van der Waals surface area contributed by atoms with Crippen LogP contribution in [0.5, 0.6) is 0 Å². The van der Waals surface area contributed by atoms with E-state index in [4.69, 9.17) is 4.74 Å². The van der Waals surface area contributed by atoms with Gasteiger partial charge in [-0.25, -0.2) is 18.9 Å². The van der Waals surface area contributed by atoms with E-state index in [1.54, 1.807) is 23.1 Å². The third-order valence-corrected chi connectivity index (χ3v) is 4.47. The average Bonchev–Trinajstić information content (AvgIpc) is 3.06. The molecule has 2 saturated heterocycles. The summed E-state index contributed by atoms with van der Waals surface area (Å²) < 4.78 is 19.3. The van der Waals surface area contributed by atoms with E-state index in [9.17, 15) is 14.0 Å². The van der Waals surface area contributed by atoms with Gasteiger partial charge in [-0.15, -0.1) is 0 Å². The van der Waals surface area contributed by atoms with Crippen LogP contribution in [0.1, 0.15) is 5.56 Å². The number of amides is 4. The number of halogens is 1. The maximum atomic E-state index is 14.0. The van der Waals surface area contributed by atoms with Gasteiger partial charge in [0.15, 0.2) is 0 Å². The predicted molar refractivity (Wildman–Crippen MR) is 89.6 cm³/mol. The van der Waals surface area contributed by atoms with Crippen LogP contribution in [0.25, 0.3) is 0 Å². The van der Waals surface area contributed by atoms with Crippen LogP contribution in [0.2, 0.25) is 0 Å². The van der Waals surface area contributed by atoms with Crippen molar-refractivity contribution < 1.29 is 18.7 Å². The minimum absolute atomic E-state index is 0.139. The number of nitrogens with zero attached hydrogens (tertiary/aromatic N) is 3. The zero-order valence-electron chi connectivity index (χ0n) is 14.1. The van der Waals surface area contributed by atoms with Crippen LogP contribution in [0.15, 0.2) is 24.3 Å². The Kier molecular flexibility index (Phi) is 5.83. The van der Waals surface area contributed by atoms with Gasteiger partial charge in [0.2, 0.25) is 0 Å². The van der Waals surface area contributed by atoms with Gasteiger partial charge in [-0.1, -0.05) is 18.2 Å². The molecule has 7 nitrogen and oxygen atoms in total. The molecule has 2 aliphatic rings. The number of rotatable bonds is 5. The van der Waals surface area contributed by atoms with Crippen LogP contribution >= 0.6 is 0 Å². The van der Waals surface area contributed by atoms with E-state index in [1.807, 2.05) is 0 Å². The number of carbonyl (C=O) groups is 2. The van der Waals surface area contributed by atoms with E-state index >= 15 is 0 Å². The molecule has 0 spiro atoms. The number of hydrogen-bond acceptors (Lipinski definition) is 4. The molecule has 8 heteroatoms. The van der Waals surface area contributed by atoms with Gasteiger partial charge in [-0.3, -0.25) is 4.90 Å². The summed E-state index contributed by atoms with van der Waals surface area (Å²) in [5.74, 6) is -0.349. The zero-order chi connectivity index (χ0) is 17.6. The summed E-state index contributed by atoms with van der Waals surface area (Å²) in [5, 5.41) is 2.62. The second-order valence-corrected chi connectivity index (χ2v) is 6.13. The van der Waals surface area contributed by atoms with Crippen molar-refractivity contribution in [2.75, 3.05) is 52.5 Å². The fourth-order valence-electron chi connectivity index (χ4n) is 2.99. The van der Waals surface area contributed by atoms with Crippen LogP contribution in [0, 0.1) is 5.82 Å². The van der Waals surface area contributed by atoms with Gasteiger partial charge in [-0.05, 0) is 6.07 Å². The number of nitrogens with one attached hydrogen (secondary N) is 1. The molecule has 2 aliphatic heterocycles. The van der Waals surface area contributed by atoms with Crippen molar-refractivity contribution in [3.05, 3.63) is 35.6 Å². The van der Waals surface area contributed by atoms with Crippen molar-refractivity contribution in [1.29, 1.82) is 0 Å². The lowest BCUT2D eigenvalue weighted by molar-refractivity contribution is 0.0341. The van der Waals surface area contributed by atoms with E-state index in [1.165, 1.54) is 11.0 Å². The van der Waals surface area contributed by atoms with Crippen molar-refractivity contribution in [2.24, 2.45) is 0 Å². The maximum Gasteiger partial charge on any atom is 0.328 e. The lowest BCUT2D eigenvalue weighted by Crippen LogP contribution is -2.48. The molecule has 3 rings (SSSR count). The van der Waals surface area contributed by atoms with Gasteiger partial charge in [-0.2, -0.15) is 0 Å². The molecule has 2 fully saturated rings. The Balaban J connectivity index is 1.69. The molecular formula is C17H23FN4O3. The zero-order valence-corrected chi connectivity index (χ0v) is 14.1. The fourth-order valence-corrected chi connectivity index (χ4v) is 2.99. The first-order valence-electron chi connectivity index (χ1n) is 8.53. The molecule has 0 aromatic heterocycles. The van der Waals surface area contributed by atoms with E-state index in [0.717, 1.165) is 13.1 Å². The largest absolute Gasteiger partial charge is 0.379 e. The molecular weight excluding hydrogens is 327 g/mol. The molecule has 2 heterocycles. The Morgan fingerprint density at radius 2 is 2.00 bits per heavy atom. The summed E-state index contributed by atoms with van der Waals surface area (Å²) in [6.45, 7) is 4.99. The van der Waals surface area contributed by atoms with Gasteiger partial charge in [0.25, 0.3) is 0 Å². The first-order chi connectivity index (χ1) is 12.1. The second-order valence-electron chi connectivity index (χ2n) is 6.13. The quantitative estimate of drug-likeness (QED) is 0.864. The van der Waals surface area contributed by atoms with Crippen molar-refractivity contribution in [3.63, 3.8) is 0 Å². The van der Waals surface area contributed by atoms with Gasteiger partial charge >= 0.3 is 12.1 Å². The number of hydrogen-bond donors (Lipinski definition) is 1. The number of carbonyl (C=O) groups excluding carboxylic acids is 2. The van der Waals surface area contributed by atoms with E-state index in [-0.39, 0.29) is 18.4 Å². The summed E-state index contributed by atoms with van der Waals surface area (Å²) in [4.78, 5) is 29.5. The highest BCUT2D eigenvalue weighted by molar-refractivity contribution is 5.94. The van der Waals surface area contributed by atoms with Crippen LogP contribution in [0.4, 0.5) is 14.0 Å². The van der Waals surface area contributed by atoms with Gasteiger partial charge in [0.05, 0.1) is 19.8 Å². The SMILES string of the molecule is O=C1NCCN1C(=O)N(CCN1CCOCC1)Cc1ccccc1F. The maximum absolute atomic E-state index is 14.0. The Morgan fingerprint density at radius 3 is 2.68 bits per heavy atom. The van der Waals surface area contributed by atoms with E-state index in [2.05, 4.69) is 10.2 Å². The van der Waals surface area contributed by atoms with Crippen LogP contribution in [-0.2, 0) is 11.3 Å². The van der Waals surface area contributed by atoms with Crippen LogP contribution in [0.3, 0.4) is 0 Å². The lowest BCUT2D eigenvalue weighted by atomic mass is 10.2. The van der Waals surface area contributed by atoms with E-state index in [0.29, 0.717) is 45.0 Å². The van der Waals surface area contributed by atoms with Crippen LogP contribution < -0.4 is 5.32 Å². The minimum atomic E-state index is -0.394. The standard InChI is InChI=1S/C17H23FN4O3/c18-15-4-2-1-3-14(15)13-21(8-7-20-9-11-25-12-10-20)17(24)22-6-5-19-16(22)23/h1-4H,5-13H2,(H,19,23). The summed E-state index contributed by atoms with van der Waals surface area (Å²) in [6, 6.07) is 5.62. The van der Waals surface area contributed by atoms with Gasteiger partial charge < -0.3 is 15.0 Å². The third-order valence-electron chi connectivity index (χ3n) is 4.47. The lowest BCUT2D eigenvalue weighted by Gasteiger charge is -2.31. The fraction of sp³-hybridized carbons (Fsp3) is 0.529. The first kappa shape index (κ1) is 17.6. The molecule has 0 atom stereocenters.